The molecule has 29 heavy (non-hydrogen) atoms. The molecule has 0 spiro atoms. The van der Waals surface area contributed by atoms with E-state index in [-0.39, 0.29) is 0 Å². The molecule has 0 atom stereocenters. The number of benzene rings is 3. The first kappa shape index (κ1) is 22.0. The Morgan fingerprint density at radius 2 is 1.38 bits per heavy atom. The minimum atomic E-state index is 0.895. The number of nitrogens with zero attached hydrogens (tertiary/aromatic N) is 1. The lowest BCUT2D eigenvalue weighted by Crippen LogP contribution is -2.27. The van der Waals surface area contributed by atoms with E-state index in [0.29, 0.717) is 0 Å². The molecule has 3 aromatic carbocycles. The van der Waals surface area contributed by atoms with Crippen LogP contribution >= 0.6 is 11.8 Å². The van der Waals surface area contributed by atoms with Gasteiger partial charge in [-0.1, -0.05) is 55.5 Å². The summed E-state index contributed by atoms with van der Waals surface area (Å²) < 4.78 is 0. The molecule has 156 valence electrons. The Balaban J connectivity index is 1.48. The summed E-state index contributed by atoms with van der Waals surface area (Å²) in [6, 6.07) is 19.8. The standard InChI is InChI=1S/C25H34ClN3/c1-2-29(18-10-8-16-28-26)17-9-7-15-27-20-25-23-13-5-3-11-21(23)19-22-12-4-6-14-24(22)25/h3-6,11-14,19,27-28H,2,7-10,15-18,20H2,1H3. The van der Waals surface area contributed by atoms with Crippen molar-refractivity contribution in [1.29, 1.82) is 0 Å². The van der Waals surface area contributed by atoms with Crippen LogP contribution in [0.3, 0.4) is 0 Å². The smallest absolute Gasteiger partial charge is 0.0217 e. The van der Waals surface area contributed by atoms with Gasteiger partial charge in [0.2, 0.25) is 0 Å². The van der Waals surface area contributed by atoms with Crippen molar-refractivity contribution in [2.24, 2.45) is 0 Å². The summed E-state index contributed by atoms with van der Waals surface area (Å²) in [4.78, 5) is 5.25. The number of unbranched alkanes of at least 4 members (excludes halogenated alkanes) is 2. The van der Waals surface area contributed by atoms with Crippen LogP contribution in [0, 0.1) is 0 Å². The van der Waals surface area contributed by atoms with E-state index in [0.717, 1.165) is 32.6 Å². The van der Waals surface area contributed by atoms with E-state index >= 15 is 0 Å². The van der Waals surface area contributed by atoms with Crippen LogP contribution < -0.4 is 10.2 Å². The van der Waals surface area contributed by atoms with Crippen molar-refractivity contribution in [3.8, 4) is 0 Å². The Kier molecular flexibility index (Phi) is 9.23. The van der Waals surface area contributed by atoms with Gasteiger partial charge in [-0.25, -0.2) is 4.84 Å². The quantitative estimate of drug-likeness (QED) is 0.214. The Hall–Kier alpha value is -1.65. The highest BCUT2D eigenvalue weighted by atomic mass is 35.5. The van der Waals surface area contributed by atoms with Gasteiger partial charge in [-0.3, -0.25) is 0 Å². The molecule has 0 saturated carbocycles. The predicted molar refractivity (Wildman–Crippen MR) is 128 cm³/mol. The molecule has 3 nitrogen and oxygen atoms in total. The third-order valence-corrected chi connectivity index (χ3v) is 5.89. The molecular formula is C25H34ClN3. The van der Waals surface area contributed by atoms with Crippen LogP contribution in [0.1, 0.15) is 38.2 Å². The maximum absolute atomic E-state index is 5.52. The summed E-state index contributed by atoms with van der Waals surface area (Å²) in [5.41, 5.74) is 1.42. The molecule has 0 aliphatic heterocycles. The van der Waals surface area contributed by atoms with Crippen molar-refractivity contribution in [1.82, 2.24) is 15.1 Å². The van der Waals surface area contributed by atoms with E-state index in [1.165, 1.54) is 59.5 Å². The third kappa shape index (κ3) is 6.42. The average Bonchev–Trinajstić information content (AvgIpc) is 2.76. The second-order valence-electron chi connectivity index (χ2n) is 7.71. The van der Waals surface area contributed by atoms with Gasteiger partial charge in [0.25, 0.3) is 0 Å². The lowest BCUT2D eigenvalue weighted by atomic mass is 9.97. The molecule has 4 heteroatoms. The summed E-state index contributed by atoms with van der Waals surface area (Å²) in [6.07, 6.45) is 4.80. The van der Waals surface area contributed by atoms with Gasteiger partial charge in [0.1, 0.15) is 0 Å². The van der Waals surface area contributed by atoms with Crippen LogP contribution in [0.4, 0.5) is 0 Å². The molecule has 0 aliphatic carbocycles. The van der Waals surface area contributed by atoms with Crippen molar-refractivity contribution < 1.29 is 0 Å². The molecule has 0 aromatic heterocycles. The largest absolute Gasteiger partial charge is 0.313 e. The highest BCUT2D eigenvalue weighted by molar-refractivity contribution is 6.13. The zero-order chi connectivity index (χ0) is 20.3. The fourth-order valence-electron chi connectivity index (χ4n) is 4.05. The first-order valence-electron chi connectivity index (χ1n) is 11.0. The molecule has 0 saturated heterocycles. The topological polar surface area (TPSA) is 27.3 Å². The van der Waals surface area contributed by atoms with Crippen LogP contribution in [0.2, 0.25) is 0 Å². The first-order valence-corrected chi connectivity index (χ1v) is 11.4. The Morgan fingerprint density at radius 1 is 0.793 bits per heavy atom. The highest BCUT2D eigenvalue weighted by Crippen LogP contribution is 2.28. The second kappa shape index (κ2) is 12.1. The van der Waals surface area contributed by atoms with E-state index in [1.807, 2.05) is 0 Å². The lowest BCUT2D eigenvalue weighted by molar-refractivity contribution is 0.276. The van der Waals surface area contributed by atoms with Gasteiger partial charge < -0.3 is 10.2 Å². The minimum absolute atomic E-state index is 0.895. The molecule has 0 amide bonds. The molecule has 3 aromatic rings. The van der Waals surface area contributed by atoms with E-state index in [9.17, 15) is 0 Å². The van der Waals surface area contributed by atoms with Crippen molar-refractivity contribution in [3.05, 3.63) is 60.2 Å². The first-order chi connectivity index (χ1) is 14.3. The highest BCUT2D eigenvalue weighted by Gasteiger charge is 2.07. The van der Waals surface area contributed by atoms with Crippen molar-refractivity contribution in [2.45, 2.75) is 39.2 Å². The molecule has 0 unspecified atom stereocenters. The van der Waals surface area contributed by atoms with Crippen molar-refractivity contribution in [2.75, 3.05) is 32.7 Å². The molecule has 0 heterocycles. The number of hydrogen-bond acceptors (Lipinski definition) is 3. The molecular weight excluding hydrogens is 378 g/mol. The molecule has 0 radical (unpaired) electrons. The van der Waals surface area contributed by atoms with E-state index in [1.54, 1.807) is 0 Å². The van der Waals surface area contributed by atoms with Gasteiger partial charge in [-0.15, -0.1) is 0 Å². The SMILES string of the molecule is CCN(CCCCNCl)CCCCNCc1c2ccccc2cc2ccccc12. The van der Waals surface area contributed by atoms with Gasteiger partial charge in [0, 0.05) is 13.1 Å². The number of nitrogens with one attached hydrogen (secondary N) is 2. The third-order valence-electron chi connectivity index (χ3n) is 5.71. The summed E-state index contributed by atoms with van der Waals surface area (Å²) in [5, 5.41) is 9.07. The average molecular weight is 412 g/mol. The summed E-state index contributed by atoms with van der Waals surface area (Å²) in [5.74, 6) is 0. The normalized spacial score (nSPS) is 11.7. The van der Waals surface area contributed by atoms with E-state index in [2.05, 4.69) is 76.6 Å². The van der Waals surface area contributed by atoms with Gasteiger partial charge in [0.05, 0.1) is 0 Å². The summed E-state index contributed by atoms with van der Waals surface area (Å²) in [6.45, 7) is 8.61. The fraction of sp³-hybridized carbons (Fsp3) is 0.440. The Bertz CT molecular complexity index is 826. The second-order valence-corrected chi connectivity index (χ2v) is 7.97. The molecule has 0 aliphatic rings. The predicted octanol–water partition coefficient (Wildman–Crippen LogP) is 5.71. The van der Waals surface area contributed by atoms with Gasteiger partial charge in [0.15, 0.2) is 0 Å². The van der Waals surface area contributed by atoms with Crippen LogP contribution in [0.25, 0.3) is 21.5 Å². The van der Waals surface area contributed by atoms with Crippen LogP contribution in [0.15, 0.2) is 54.6 Å². The minimum Gasteiger partial charge on any atom is -0.313 e. The number of halogens is 1. The van der Waals surface area contributed by atoms with Gasteiger partial charge >= 0.3 is 0 Å². The van der Waals surface area contributed by atoms with Gasteiger partial charge in [-0.05, 0) is 96.8 Å². The molecule has 0 fully saturated rings. The maximum atomic E-state index is 5.52. The van der Waals surface area contributed by atoms with E-state index < -0.39 is 0 Å². The lowest BCUT2D eigenvalue weighted by Gasteiger charge is -2.20. The van der Waals surface area contributed by atoms with Crippen LogP contribution in [0.5, 0.6) is 0 Å². The Morgan fingerprint density at radius 3 is 1.97 bits per heavy atom. The monoisotopic (exact) mass is 411 g/mol. The van der Waals surface area contributed by atoms with Crippen LogP contribution in [-0.2, 0) is 6.54 Å². The molecule has 2 N–H and O–H groups in total. The van der Waals surface area contributed by atoms with Crippen LogP contribution in [-0.4, -0.2) is 37.6 Å². The zero-order valence-corrected chi connectivity index (χ0v) is 18.3. The number of fused-ring (bicyclic) bond motifs is 2. The number of hydrogen-bond donors (Lipinski definition) is 2. The fourth-order valence-corrected chi connectivity index (χ4v) is 4.19. The van der Waals surface area contributed by atoms with Crippen molar-refractivity contribution >= 4 is 33.3 Å². The number of rotatable bonds is 13. The van der Waals surface area contributed by atoms with Gasteiger partial charge in [-0.2, -0.15) is 0 Å². The van der Waals surface area contributed by atoms with Crippen molar-refractivity contribution in [3.63, 3.8) is 0 Å². The molecule has 3 rings (SSSR count). The molecule has 0 bridgehead atoms. The summed E-state index contributed by atoms with van der Waals surface area (Å²) >= 11 is 5.52. The zero-order valence-electron chi connectivity index (χ0n) is 17.6. The summed E-state index contributed by atoms with van der Waals surface area (Å²) in [7, 11) is 0. The Labute approximate surface area is 180 Å². The maximum Gasteiger partial charge on any atom is 0.0217 e. The van der Waals surface area contributed by atoms with E-state index in [4.69, 9.17) is 11.8 Å².